The fraction of sp³-hybridized carbons (Fsp3) is 0.500. The van der Waals surface area contributed by atoms with Crippen LogP contribution in [0.2, 0.25) is 0 Å². The predicted molar refractivity (Wildman–Crippen MR) is 78.6 cm³/mol. The first kappa shape index (κ1) is 12.5. The topological polar surface area (TPSA) is 28.4 Å². The van der Waals surface area contributed by atoms with Gasteiger partial charge in [0.1, 0.15) is 0 Å². The molecule has 0 unspecified atom stereocenters. The highest BCUT2D eigenvalue weighted by atomic mass is 16.3. The second-order valence-electron chi connectivity index (χ2n) is 5.58. The van der Waals surface area contributed by atoms with Crippen LogP contribution < -0.4 is 0 Å². The largest absolute Gasteiger partial charge is 0.494 e. The maximum atomic E-state index is 10.3. The van der Waals surface area contributed by atoms with Crippen molar-refractivity contribution in [1.29, 1.82) is 0 Å². The zero-order valence-corrected chi connectivity index (χ0v) is 11.6. The van der Waals surface area contributed by atoms with Gasteiger partial charge in [-0.25, -0.2) is 0 Å². The number of benzene rings is 1. The Hall–Kier alpha value is -1.48. The molecule has 0 spiro atoms. The van der Waals surface area contributed by atoms with Crippen LogP contribution in [-0.4, -0.2) is 34.2 Å². The van der Waals surface area contributed by atoms with Crippen molar-refractivity contribution in [2.24, 2.45) is 0 Å². The zero-order chi connectivity index (χ0) is 13.2. The Kier molecular flexibility index (Phi) is 3.47. The maximum Gasteiger partial charge on any atom is 0.199 e. The van der Waals surface area contributed by atoms with Crippen LogP contribution in [0.25, 0.3) is 10.8 Å². The van der Waals surface area contributed by atoms with E-state index in [-0.39, 0.29) is 0 Å². The minimum atomic E-state index is 0.413. The van der Waals surface area contributed by atoms with Crippen LogP contribution >= 0.6 is 0 Å². The van der Waals surface area contributed by atoms with E-state index in [1.165, 1.54) is 43.3 Å². The summed E-state index contributed by atoms with van der Waals surface area (Å²) in [6.07, 6.45) is 6.09. The van der Waals surface area contributed by atoms with Gasteiger partial charge in [0, 0.05) is 30.1 Å². The summed E-state index contributed by atoms with van der Waals surface area (Å²) in [5, 5.41) is 12.4. The van der Waals surface area contributed by atoms with Gasteiger partial charge in [-0.15, -0.1) is 0 Å². The molecule has 0 atom stereocenters. The van der Waals surface area contributed by atoms with E-state index in [1.807, 2.05) is 16.7 Å². The van der Waals surface area contributed by atoms with Crippen molar-refractivity contribution >= 4 is 10.8 Å². The van der Waals surface area contributed by atoms with Crippen LogP contribution in [-0.2, 0) is 6.54 Å². The normalized spacial score (nSPS) is 17.1. The van der Waals surface area contributed by atoms with Crippen molar-refractivity contribution in [1.82, 2.24) is 9.47 Å². The lowest BCUT2D eigenvalue weighted by Crippen LogP contribution is -2.32. The predicted octanol–water partition coefficient (Wildman–Crippen LogP) is 3.14. The summed E-state index contributed by atoms with van der Waals surface area (Å²) < 4.78 is 1.99. The van der Waals surface area contributed by atoms with E-state index in [1.54, 1.807) is 0 Å². The summed E-state index contributed by atoms with van der Waals surface area (Å²) in [5.41, 5.74) is 1.23. The summed E-state index contributed by atoms with van der Waals surface area (Å²) >= 11 is 0. The van der Waals surface area contributed by atoms with Gasteiger partial charge >= 0.3 is 0 Å². The first-order valence-electron chi connectivity index (χ1n) is 7.25. The third-order valence-electron chi connectivity index (χ3n) is 4.23. The molecule has 0 bridgehead atoms. The summed E-state index contributed by atoms with van der Waals surface area (Å²) in [6.45, 7) is 6.42. The van der Waals surface area contributed by atoms with Crippen molar-refractivity contribution in [3.8, 4) is 5.88 Å². The third-order valence-corrected chi connectivity index (χ3v) is 4.23. The molecule has 3 rings (SSSR count). The van der Waals surface area contributed by atoms with Crippen molar-refractivity contribution < 1.29 is 5.11 Å². The smallest absolute Gasteiger partial charge is 0.199 e. The molecule has 1 N–H and O–H groups in total. The molecule has 0 aliphatic carbocycles. The Balaban J connectivity index is 1.77. The Morgan fingerprint density at radius 2 is 1.84 bits per heavy atom. The number of rotatable bonds is 3. The van der Waals surface area contributed by atoms with Gasteiger partial charge in [0.15, 0.2) is 5.88 Å². The first-order valence-corrected chi connectivity index (χ1v) is 7.25. The average Bonchev–Trinajstić information content (AvgIpc) is 2.77. The second kappa shape index (κ2) is 5.25. The summed E-state index contributed by atoms with van der Waals surface area (Å²) in [7, 11) is 0. The Bertz CT molecular complexity index is 567. The van der Waals surface area contributed by atoms with Gasteiger partial charge in [-0.3, -0.25) is 0 Å². The van der Waals surface area contributed by atoms with E-state index in [9.17, 15) is 5.11 Å². The molecule has 1 aliphatic heterocycles. The number of aromatic nitrogens is 1. The van der Waals surface area contributed by atoms with Crippen molar-refractivity contribution in [3.05, 3.63) is 30.0 Å². The number of nitrogens with zero attached hydrogens (tertiary/aromatic N) is 2. The number of aryl methyl sites for hydroxylation is 1. The van der Waals surface area contributed by atoms with Crippen LogP contribution in [0, 0.1) is 6.92 Å². The zero-order valence-electron chi connectivity index (χ0n) is 11.6. The minimum absolute atomic E-state index is 0.413. The number of hydrogen-bond donors (Lipinski definition) is 1. The molecule has 1 aromatic carbocycles. The van der Waals surface area contributed by atoms with Gasteiger partial charge in [-0.1, -0.05) is 18.6 Å². The highest BCUT2D eigenvalue weighted by Gasteiger charge is 2.12. The molecule has 19 heavy (non-hydrogen) atoms. The SMILES string of the molecule is Cc1cccc2c(O)n(CCN3CCCCC3)cc12. The van der Waals surface area contributed by atoms with Gasteiger partial charge < -0.3 is 14.6 Å². The molecule has 102 valence electrons. The Morgan fingerprint density at radius 3 is 2.58 bits per heavy atom. The van der Waals surface area contributed by atoms with E-state index < -0.39 is 0 Å². The Labute approximate surface area is 114 Å². The van der Waals surface area contributed by atoms with Crippen LogP contribution in [0.3, 0.4) is 0 Å². The van der Waals surface area contributed by atoms with Crippen LogP contribution in [0.1, 0.15) is 24.8 Å². The first-order chi connectivity index (χ1) is 9.25. The van der Waals surface area contributed by atoms with E-state index >= 15 is 0 Å². The highest BCUT2D eigenvalue weighted by molar-refractivity contribution is 5.90. The van der Waals surface area contributed by atoms with Crippen molar-refractivity contribution in [2.45, 2.75) is 32.7 Å². The summed E-state index contributed by atoms with van der Waals surface area (Å²) in [6, 6.07) is 6.10. The highest BCUT2D eigenvalue weighted by Crippen LogP contribution is 2.29. The lowest BCUT2D eigenvalue weighted by molar-refractivity contribution is 0.218. The average molecular weight is 258 g/mol. The lowest BCUT2D eigenvalue weighted by Gasteiger charge is -2.26. The lowest BCUT2D eigenvalue weighted by atomic mass is 10.1. The minimum Gasteiger partial charge on any atom is -0.494 e. The standard InChI is InChI=1S/C16H22N2O/c1-13-6-5-7-14-15(13)12-18(16(14)19)11-10-17-8-3-2-4-9-17/h5-7,12,19H,2-4,8-11H2,1H3. The number of likely N-dealkylation sites (tertiary alicyclic amines) is 1. The molecule has 1 aliphatic rings. The molecule has 1 fully saturated rings. The molecular formula is C16H22N2O. The molecule has 0 radical (unpaired) electrons. The molecule has 1 aromatic heterocycles. The monoisotopic (exact) mass is 258 g/mol. The Morgan fingerprint density at radius 1 is 1.05 bits per heavy atom. The number of aromatic hydroxyl groups is 1. The molecule has 2 heterocycles. The van der Waals surface area contributed by atoms with E-state index in [0.29, 0.717) is 5.88 Å². The molecule has 0 amide bonds. The summed E-state index contributed by atoms with van der Waals surface area (Å²) in [4.78, 5) is 2.50. The fourth-order valence-corrected chi connectivity index (χ4v) is 3.02. The molecule has 3 heteroatoms. The number of fused-ring (bicyclic) bond motifs is 1. The van der Waals surface area contributed by atoms with Crippen LogP contribution in [0.15, 0.2) is 24.4 Å². The fourth-order valence-electron chi connectivity index (χ4n) is 3.02. The van der Waals surface area contributed by atoms with Gasteiger partial charge in [0.2, 0.25) is 0 Å². The van der Waals surface area contributed by atoms with E-state index in [0.717, 1.165) is 18.5 Å². The van der Waals surface area contributed by atoms with E-state index in [2.05, 4.69) is 24.1 Å². The van der Waals surface area contributed by atoms with Gasteiger partial charge in [0.25, 0.3) is 0 Å². The van der Waals surface area contributed by atoms with Crippen LogP contribution in [0.5, 0.6) is 5.88 Å². The molecule has 0 saturated carbocycles. The van der Waals surface area contributed by atoms with Gasteiger partial charge in [-0.05, 0) is 44.5 Å². The van der Waals surface area contributed by atoms with Gasteiger partial charge in [-0.2, -0.15) is 0 Å². The molecule has 2 aromatic rings. The summed E-state index contributed by atoms with van der Waals surface area (Å²) in [5.74, 6) is 0.413. The third kappa shape index (κ3) is 2.47. The van der Waals surface area contributed by atoms with Crippen molar-refractivity contribution in [3.63, 3.8) is 0 Å². The van der Waals surface area contributed by atoms with Crippen molar-refractivity contribution in [2.75, 3.05) is 19.6 Å². The van der Waals surface area contributed by atoms with Gasteiger partial charge in [0.05, 0.1) is 0 Å². The van der Waals surface area contributed by atoms with E-state index in [4.69, 9.17) is 0 Å². The number of hydrogen-bond acceptors (Lipinski definition) is 2. The second-order valence-corrected chi connectivity index (χ2v) is 5.58. The van der Waals surface area contributed by atoms with Crippen LogP contribution in [0.4, 0.5) is 0 Å². The quantitative estimate of drug-likeness (QED) is 0.916. The molecule has 3 nitrogen and oxygen atoms in total. The number of piperidine rings is 1. The molecule has 1 saturated heterocycles. The maximum absolute atomic E-state index is 10.3. The molecular weight excluding hydrogens is 236 g/mol.